The molecule has 0 saturated heterocycles. The molecule has 0 aliphatic heterocycles. The van der Waals surface area contributed by atoms with Gasteiger partial charge in [-0.2, -0.15) is 0 Å². The van der Waals surface area contributed by atoms with Gasteiger partial charge in [0.25, 0.3) is 0 Å². The zero-order chi connectivity index (χ0) is 9.23. The first-order chi connectivity index (χ1) is 5.85. The molecule has 0 aliphatic rings. The van der Waals surface area contributed by atoms with Crippen LogP contribution in [0.15, 0.2) is 0 Å². The van der Waals surface area contributed by atoms with Crippen molar-refractivity contribution in [1.82, 2.24) is 0 Å². The molecule has 0 saturated carbocycles. The fraction of sp³-hybridized carbons (Fsp3) is 1.00. The van der Waals surface area contributed by atoms with Gasteiger partial charge in [-0.25, -0.2) is 0 Å². The van der Waals surface area contributed by atoms with Crippen molar-refractivity contribution >= 4 is 0 Å². The van der Waals surface area contributed by atoms with Crippen LogP contribution in [0.5, 0.6) is 0 Å². The third kappa shape index (κ3) is 6.54. The number of hydrogen-bond acceptors (Lipinski definition) is 4. The largest absolute Gasteiger partial charge is 0.385 e. The van der Waals surface area contributed by atoms with Crippen LogP contribution in [0, 0.1) is 0 Å². The van der Waals surface area contributed by atoms with Gasteiger partial charge in [-0.15, -0.1) is 0 Å². The van der Waals surface area contributed by atoms with Gasteiger partial charge in [0.1, 0.15) is 0 Å². The Balaban J connectivity index is 3.19. The van der Waals surface area contributed by atoms with E-state index in [1.165, 1.54) is 0 Å². The standard InChI is InChI=1S/C8H19NO3/c1-10-4-3-5-12-8(6-9)7-11-2/h8H,3-7,9H2,1-2H3. The molecule has 0 fully saturated rings. The van der Waals surface area contributed by atoms with E-state index >= 15 is 0 Å². The lowest BCUT2D eigenvalue weighted by molar-refractivity contribution is -0.00311. The van der Waals surface area contributed by atoms with Crippen LogP contribution in [0.3, 0.4) is 0 Å². The maximum Gasteiger partial charge on any atom is 0.0930 e. The van der Waals surface area contributed by atoms with Crippen LogP contribution in [0.1, 0.15) is 6.42 Å². The van der Waals surface area contributed by atoms with Gasteiger partial charge in [0.2, 0.25) is 0 Å². The molecule has 1 atom stereocenters. The van der Waals surface area contributed by atoms with Crippen molar-refractivity contribution in [3.8, 4) is 0 Å². The molecule has 4 nitrogen and oxygen atoms in total. The highest BCUT2D eigenvalue weighted by molar-refractivity contribution is 4.56. The Morgan fingerprint density at radius 2 is 1.92 bits per heavy atom. The molecule has 0 spiro atoms. The highest BCUT2D eigenvalue weighted by Gasteiger charge is 2.04. The highest BCUT2D eigenvalue weighted by Crippen LogP contribution is 1.92. The van der Waals surface area contributed by atoms with Crippen molar-refractivity contribution in [2.75, 3.05) is 40.6 Å². The highest BCUT2D eigenvalue weighted by atomic mass is 16.5. The Kier molecular flexibility index (Phi) is 8.81. The van der Waals surface area contributed by atoms with Gasteiger partial charge in [0, 0.05) is 34.0 Å². The molecular weight excluding hydrogens is 158 g/mol. The van der Waals surface area contributed by atoms with Crippen molar-refractivity contribution in [3.05, 3.63) is 0 Å². The van der Waals surface area contributed by atoms with E-state index in [0.29, 0.717) is 19.8 Å². The monoisotopic (exact) mass is 177 g/mol. The van der Waals surface area contributed by atoms with Gasteiger partial charge < -0.3 is 19.9 Å². The molecule has 0 radical (unpaired) electrons. The lowest BCUT2D eigenvalue weighted by Crippen LogP contribution is -2.28. The number of rotatable bonds is 8. The van der Waals surface area contributed by atoms with E-state index in [1.807, 2.05) is 0 Å². The van der Waals surface area contributed by atoms with Crippen LogP contribution in [-0.2, 0) is 14.2 Å². The molecule has 1 unspecified atom stereocenters. The third-order valence-corrected chi connectivity index (χ3v) is 1.46. The van der Waals surface area contributed by atoms with Crippen molar-refractivity contribution < 1.29 is 14.2 Å². The second-order valence-electron chi connectivity index (χ2n) is 2.53. The fourth-order valence-corrected chi connectivity index (χ4v) is 0.823. The first-order valence-corrected chi connectivity index (χ1v) is 4.14. The quantitative estimate of drug-likeness (QED) is 0.531. The Morgan fingerprint density at radius 3 is 2.42 bits per heavy atom. The Labute approximate surface area is 74.0 Å². The summed E-state index contributed by atoms with van der Waals surface area (Å²) in [5.41, 5.74) is 5.44. The average molecular weight is 177 g/mol. The van der Waals surface area contributed by atoms with Crippen LogP contribution >= 0.6 is 0 Å². The average Bonchev–Trinajstić information content (AvgIpc) is 2.10. The molecule has 0 heterocycles. The predicted octanol–water partition coefficient (Wildman–Crippen LogP) is 0.0132. The minimum absolute atomic E-state index is 0.0202. The summed E-state index contributed by atoms with van der Waals surface area (Å²) < 4.78 is 15.2. The third-order valence-electron chi connectivity index (χ3n) is 1.46. The van der Waals surface area contributed by atoms with Crippen LogP contribution in [0.4, 0.5) is 0 Å². The maximum absolute atomic E-state index is 5.44. The molecule has 0 rings (SSSR count). The van der Waals surface area contributed by atoms with Gasteiger partial charge in [-0.05, 0) is 6.42 Å². The summed E-state index contributed by atoms with van der Waals surface area (Å²) in [6.07, 6.45) is 0.920. The first-order valence-electron chi connectivity index (χ1n) is 4.14. The van der Waals surface area contributed by atoms with Crippen molar-refractivity contribution in [2.45, 2.75) is 12.5 Å². The van der Waals surface area contributed by atoms with Crippen molar-refractivity contribution in [2.24, 2.45) is 5.73 Å². The lowest BCUT2D eigenvalue weighted by Gasteiger charge is -2.14. The van der Waals surface area contributed by atoms with Gasteiger partial charge in [-0.3, -0.25) is 0 Å². The molecule has 0 aromatic rings. The van der Waals surface area contributed by atoms with E-state index in [9.17, 15) is 0 Å². The molecule has 0 aromatic heterocycles. The molecule has 4 heteroatoms. The van der Waals surface area contributed by atoms with E-state index in [0.717, 1.165) is 13.0 Å². The van der Waals surface area contributed by atoms with Crippen LogP contribution in [-0.4, -0.2) is 46.7 Å². The van der Waals surface area contributed by atoms with E-state index in [2.05, 4.69) is 0 Å². The summed E-state index contributed by atoms with van der Waals surface area (Å²) in [7, 11) is 3.32. The summed E-state index contributed by atoms with van der Waals surface area (Å²) in [6, 6.07) is 0. The molecule has 2 N–H and O–H groups in total. The zero-order valence-corrected chi connectivity index (χ0v) is 7.91. The molecule has 0 amide bonds. The number of ether oxygens (including phenoxy) is 3. The molecule has 0 bridgehead atoms. The first kappa shape index (κ1) is 11.8. The lowest BCUT2D eigenvalue weighted by atomic mass is 10.4. The van der Waals surface area contributed by atoms with Gasteiger partial charge >= 0.3 is 0 Å². The Morgan fingerprint density at radius 1 is 1.17 bits per heavy atom. The van der Waals surface area contributed by atoms with E-state index in [-0.39, 0.29) is 6.10 Å². The Bertz CT molecular complexity index is 90.4. The van der Waals surface area contributed by atoms with Crippen LogP contribution < -0.4 is 5.73 Å². The van der Waals surface area contributed by atoms with Gasteiger partial charge in [0.05, 0.1) is 12.7 Å². The number of hydrogen-bond donors (Lipinski definition) is 1. The topological polar surface area (TPSA) is 53.7 Å². The molecular formula is C8H19NO3. The zero-order valence-electron chi connectivity index (χ0n) is 7.91. The van der Waals surface area contributed by atoms with Gasteiger partial charge in [-0.1, -0.05) is 0 Å². The molecule has 0 aromatic carbocycles. The summed E-state index contributed by atoms with van der Waals surface area (Å²) in [6.45, 7) is 2.47. The molecule has 0 aliphatic carbocycles. The van der Waals surface area contributed by atoms with E-state index < -0.39 is 0 Å². The normalized spacial score (nSPS) is 13.2. The minimum Gasteiger partial charge on any atom is -0.385 e. The predicted molar refractivity (Wildman–Crippen MR) is 47.2 cm³/mol. The summed E-state index contributed by atoms with van der Waals surface area (Å²) in [4.78, 5) is 0. The maximum atomic E-state index is 5.44. The summed E-state index contributed by atoms with van der Waals surface area (Å²) >= 11 is 0. The second kappa shape index (κ2) is 8.93. The smallest absolute Gasteiger partial charge is 0.0930 e. The second-order valence-corrected chi connectivity index (χ2v) is 2.53. The fourth-order valence-electron chi connectivity index (χ4n) is 0.823. The summed E-state index contributed by atoms with van der Waals surface area (Å²) in [5, 5.41) is 0. The van der Waals surface area contributed by atoms with Crippen molar-refractivity contribution in [3.63, 3.8) is 0 Å². The Hall–Kier alpha value is -0.160. The van der Waals surface area contributed by atoms with Crippen LogP contribution in [0.25, 0.3) is 0 Å². The molecule has 74 valence electrons. The van der Waals surface area contributed by atoms with E-state index in [4.69, 9.17) is 19.9 Å². The van der Waals surface area contributed by atoms with Crippen molar-refractivity contribution in [1.29, 1.82) is 0 Å². The summed E-state index contributed by atoms with van der Waals surface area (Å²) in [5.74, 6) is 0. The SMILES string of the molecule is COCCCOC(CN)COC. The van der Waals surface area contributed by atoms with Crippen LogP contribution in [0.2, 0.25) is 0 Å². The number of methoxy groups -OCH3 is 2. The minimum atomic E-state index is 0.0202. The molecule has 12 heavy (non-hydrogen) atoms. The van der Waals surface area contributed by atoms with Gasteiger partial charge in [0.15, 0.2) is 0 Å². The van der Waals surface area contributed by atoms with E-state index in [1.54, 1.807) is 14.2 Å². The number of nitrogens with two attached hydrogens (primary N) is 1.